The van der Waals surface area contributed by atoms with Gasteiger partial charge in [-0.25, -0.2) is 4.79 Å². The lowest BCUT2D eigenvalue weighted by molar-refractivity contribution is 0.0636. The average Bonchev–Trinajstić information content (AvgIpc) is 2.18. The summed E-state index contributed by atoms with van der Waals surface area (Å²) < 4.78 is 5.11. The minimum atomic E-state index is -0.536. The number of nitrogens with one attached hydrogen (secondary N) is 1. The van der Waals surface area contributed by atoms with Gasteiger partial charge in [-0.3, -0.25) is 5.32 Å². The Kier molecular flexibility index (Phi) is 4.03. The van der Waals surface area contributed by atoms with E-state index in [2.05, 4.69) is 11.2 Å². The van der Waals surface area contributed by atoms with Crippen molar-refractivity contribution in [1.29, 1.82) is 0 Å². The fraction of sp³-hybridized carbons (Fsp3) is 0.308. The summed E-state index contributed by atoms with van der Waals surface area (Å²) >= 11 is 5.85. The molecule has 0 unspecified atom stereocenters. The highest BCUT2D eigenvalue weighted by molar-refractivity contribution is 6.31. The van der Waals surface area contributed by atoms with Gasteiger partial charge in [0.25, 0.3) is 0 Å². The van der Waals surface area contributed by atoms with E-state index in [4.69, 9.17) is 22.8 Å². The van der Waals surface area contributed by atoms with Crippen LogP contribution in [0.15, 0.2) is 18.2 Å². The Balaban J connectivity index is 2.77. The van der Waals surface area contributed by atoms with Gasteiger partial charge < -0.3 is 4.74 Å². The molecule has 0 saturated heterocycles. The molecule has 0 saturated carbocycles. The predicted octanol–water partition coefficient (Wildman–Crippen LogP) is 3.67. The van der Waals surface area contributed by atoms with Crippen molar-refractivity contribution in [2.45, 2.75) is 26.4 Å². The van der Waals surface area contributed by atoms with E-state index in [1.54, 1.807) is 39.0 Å². The Morgan fingerprint density at radius 1 is 1.47 bits per heavy atom. The number of benzene rings is 1. The Hall–Kier alpha value is -1.66. The van der Waals surface area contributed by atoms with Gasteiger partial charge in [0, 0.05) is 11.3 Å². The van der Waals surface area contributed by atoms with Crippen molar-refractivity contribution in [1.82, 2.24) is 0 Å². The van der Waals surface area contributed by atoms with Crippen molar-refractivity contribution in [2.75, 3.05) is 5.32 Å². The number of carbonyl (C=O) groups excluding carboxylic acids is 1. The van der Waals surface area contributed by atoms with Gasteiger partial charge in [-0.05, 0) is 39.0 Å². The maximum absolute atomic E-state index is 11.5. The van der Waals surface area contributed by atoms with Crippen molar-refractivity contribution in [3.05, 3.63) is 28.8 Å². The largest absolute Gasteiger partial charge is 0.444 e. The van der Waals surface area contributed by atoms with E-state index in [-0.39, 0.29) is 0 Å². The summed E-state index contributed by atoms with van der Waals surface area (Å²) in [5, 5.41) is 3.06. The van der Waals surface area contributed by atoms with E-state index in [0.29, 0.717) is 16.3 Å². The van der Waals surface area contributed by atoms with Crippen molar-refractivity contribution < 1.29 is 9.53 Å². The van der Waals surface area contributed by atoms with Crippen LogP contribution in [-0.4, -0.2) is 11.7 Å². The molecule has 3 nitrogen and oxygen atoms in total. The van der Waals surface area contributed by atoms with Crippen LogP contribution in [0.25, 0.3) is 0 Å². The number of hydrogen-bond donors (Lipinski definition) is 1. The topological polar surface area (TPSA) is 38.3 Å². The van der Waals surface area contributed by atoms with Crippen LogP contribution in [-0.2, 0) is 4.74 Å². The minimum Gasteiger partial charge on any atom is -0.444 e. The molecule has 0 fully saturated rings. The Morgan fingerprint density at radius 2 is 2.12 bits per heavy atom. The molecule has 0 atom stereocenters. The van der Waals surface area contributed by atoms with Crippen molar-refractivity contribution in [2.24, 2.45) is 0 Å². The van der Waals surface area contributed by atoms with E-state index in [1.807, 2.05) is 0 Å². The van der Waals surface area contributed by atoms with Crippen molar-refractivity contribution >= 4 is 23.4 Å². The first kappa shape index (κ1) is 13.4. The standard InChI is InChI=1S/C13H14ClNO2/c1-5-9-8-10(6-7-11(9)14)15-12(16)17-13(2,3)4/h1,6-8H,2-4H3,(H,15,16). The second-order valence-corrected chi connectivity index (χ2v) is 4.87. The van der Waals surface area contributed by atoms with E-state index in [1.165, 1.54) is 0 Å². The number of anilines is 1. The highest BCUT2D eigenvalue weighted by Crippen LogP contribution is 2.20. The highest BCUT2D eigenvalue weighted by atomic mass is 35.5. The van der Waals surface area contributed by atoms with Crippen LogP contribution in [0.1, 0.15) is 26.3 Å². The van der Waals surface area contributed by atoms with Crippen LogP contribution in [0.5, 0.6) is 0 Å². The van der Waals surface area contributed by atoms with Gasteiger partial charge in [0.1, 0.15) is 5.60 Å². The molecule has 1 aromatic rings. The molecule has 0 aliphatic heterocycles. The van der Waals surface area contributed by atoms with Gasteiger partial charge in [0.15, 0.2) is 0 Å². The minimum absolute atomic E-state index is 0.474. The molecule has 0 aliphatic rings. The average molecular weight is 252 g/mol. The molecule has 1 aromatic carbocycles. The highest BCUT2D eigenvalue weighted by Gasteiger charge is 2.16. The maximum Gasteiger partial charge on any atom is 0.412 e. The number of hydrogen-bond acceptors (Lipinski definition) is 2. The van der Waals surface area contributed by atoms with E-state index < -0.39 is 11.7 Å². The van der Waals surface area contributed by atoms with Crippen LogP contribution >= 0.6 is 11.6 Å². The summed E-state index contributed by atoms with van der Waals surface area (Å²) in [5.41, 5.74) is 0.544. The number of halogens is 1. The quantitative estimate of drug-likeness (QED) is 0.774. The van der Waals surface area contributed by atoms with E-state index >= 15 is 0 Å². The molecular weight excluding hydrogens is 238 g/mol. The summed E-state index contributed by atoms with van der Waals surface area (Å²) in [6.07, 6.45) is 4.75. The predicted molar refractivity (Wildman–Crippen MR) is 69.2 cm³/mol. The summed E-state index contributed by atoms with van der Waals surface area (Å²) in [5.74, 6) is 2.43. The van der Waals surface area contributed by atoms with Crippen LogP contribution in [0, 0.1) is 12.3 Å². The summed E-state index contributed by atoms with van der Waals surface area (Å²) in [6.45, 7) is 5.38. The molecule has 0 aliphatic carbocycles. The Morgan fingerprint density at radius 3 is 2.65 bits per heavy atom. The molecule has 4 heteroatoms. The fourth-order valence-electron chi connectivity index (χ4n) is 1.14. The molecule has 90 valence electrons. The third-order valence-corrected chi connectivity index (χ3v) is 2.10. The Labute approximate surface area is 106 Å². The number of terminal acetylenes is 1. The van der Waals surface area contributed by atoms with E-state index in [9.17, 15) is 4.79 Å². The zero-order valence-electron chi connectivity index (χ0n) is 10.0. The number of carbonyl (C=O) groups is 1. The van der Waals surface area contributed by atoms with Crippen LogP contribution in [0.3, 0.4) is 0 Å². The summed E-state index contributed by atoms with van der Waals surface area (Å²) in [4.78, 5) is 11.5. The lowest BCUT2D eigenvalue weighted by Crippen LogP contribution is -2.27. The van der Waals surface area contributed by atoms with Gasteiger partial charge >= 0.3 is 6.09 Å². The lowest BCUT2D eigenvalue weighted by Gasteiger charge is -2.19. The van der Waals surface area contributed by atoms with Crippen molar-refractivity contribution in [3.8, 4) is 12.3 Å². The van der Waals surface area contributed by atoms with Gasteiger partial charge in [-0.15, -0.1) is 6.42 Å². The molecule has 0 aromatic heterocycles. The molecule has 1 N–H and O–H groups in total. The zero-order valence-corrected chi connectivity index (χ0v) is 10.8. The Bertz CT molecular complexity index is 469. The third-order valence-electron chi connectivity index (χ3n) is 1.77. The maximum atomic E-state index is 11.5. The summed E-state index contributed by atoms with van der Waals surface area (Å²) in [6, 6.07) is 4.91. The monoisotopic (exact) mass is 251 g/mol. The molecule has 1 rings (SSSR count). The van der Waals surface area contributed by atoms with Gasteiger partial charge in [0.05, 0.1) is 5.02 Å². The zero-order chi connectivity index (χ0) is 13.1. The van der Waals surface area contributed by atoms with Crippen LogP contribution < -0.4 is 5.32 Å². The van der Waals surface area contributed by atoms with Gasteiger partial charge in [-0.1, -0.05) is 17.5 Å². The first-order valence-electron chi connectivity index (χ1n) is 5.08. The number of ether oxygens (including phenoxy) is 1. The van der Waals surface area contributed by atoms with Gasteiger partial charge in [0.2, 0.25) is 0 Å². The normalized spacial score (nSPS) is 10.5. The molecule has 0 bridgehead atoms. The molecule has 0 radical (unpaired) electrons. The number of rotatable bonds is 1. The van der Waals surface area contributed by atoms with Crippen LogP contribution in [0.2, 0.25) is 5.02 Å². The summed E-state index contributed by atoms with van der Waals surface area (Å²) in [7, 11) is 0. The lowest BCUT2D eigenvalue weighted by atomic mass is 10.2. The molecule has 17 heavy (non-hydrogen) atoms. The second-order valence-electron chi connectivity index (χ2n) is 4.47. The first-order valence-corrected chi connectivity index (χ1v) is 5.46. The molecular formula is C13H14ClNO2. The SMILES string of the molecule is C#Cc1cc(NC(=O)OC(C)(C)C)ccc1Cl. The molecule has 1 amide bonds. The van der Waals surface area contributed by atoms with Crippen LogP contribution in [0.4, 0.5) is 10.5 Å². The van der Waals surface area contributed by atoms with Gasteiger partial charge in [-0.2, -0.15) is 0 Å². The van der Waals surface area contributed by atoms with Crippen molar-refractivity contribution in [3.63, 3.8) is 0 Å². The second kappa shape index (κ2) is 5.11. The fourth-order valence-corrected chi connectivity index (χ4v) is 1.31. The van der Waals surface area contributed by atoms with E-state index in [0.717, 1.165) is 0 Å². The molecule has 0 heterocycles. The first-order chi connectivity index (χ1) is 7.81. The molecule has 0 spiro atoms. The number of amides is 1. The smallest absolute Gasteiger partial charge is 0.412 e. The third kappa shape index (κ3) is 4.38.